The summed E-state index contributed by atoms with van der Waals surface area (Å²) < 4.78 is 11.0. The number of ether oxygens (including phenoxy) is 2. The Hall–Kier alpha value is -1.40. The molecule has 2 unspecified atom stereocenters. The van der Waals surface area contributed by atoms with Crippen LogP contribution in [0.25, 0.3) is 0 Å². The van der Waals surface area contributed by atoms with Gasteiger partial charge in [0.05, 0.1) is 27.3 Å². The second-order valence-corrected chi connectivity index (χ2v) is 6.78. The Labute approximate surface area is 138 Å². The summed E-state index contributed by atoms with van der Waals surface area (Å²) in [6.07, 6.45) is 5.52. The first-order valence-electron chi connectivity index (χ1n) is 8.58. The van der Waals surface area contributed by atoms with E-state index in [-0.39, 0.29) is 35.9 Å². The normalized spacial score (nSPS) is 31.0. The van der Waals surface area contributed by atoms with Crippen LogP contribution >= 0.6 is 0 Å². The van der Waals surface area contributed by atoms with E-state index in [0.717, 1.165) is 6.42 Å². The lowest BCUT2D eigenvalue weighted by Crippen LogP contribution is -2.87. The smallest absolute Gasteiger partial charge is 0.364 e. The van der Waals surface area contributed by atoms with E-state index in [1.54, 1.807) is 0 Å². The van der Waals surface area contributed by atoms with Gasteiger partial charge in [-0.1, -0.05) is 12.2 Å². The Bertz CT molecular complexity index is 426. The third kappa shape index (κ3) is 4.12. The van der Waals surface area contributed by atoms with Gasteiger partial charge in [-0.2, -0.15) is 0 Å². The molecule has 6 atom stereocenters. The summed E-state index contributed by atoms with van der Waals surface area (Å²) in [6, 6.07) is -0.359. The highest BCUT2D eigenvalue weighted by Crippen LogP contribution is 2.48. The Morgan fingerprint density at radius 2 is 1.35 bits per heavy atom. The van der Waals surface area contributed by atoms with E-state index >= 15 is 0 Å². The van der Waals surface area contributed by atoms with Gasteiger partial charge >= 0.3 is 11.9 Å². The van der Waals surface area contributed by atoms with Crippen molar-refractivity contribution >= 4 is 11.9 Å². The number of rotatable bonds is 8. The number of hydrogen-bond donors (Lipinski definition) is 2. The summed E-state index contributed by atoms with van der Waals surface area (Å²) in [5.41, 5.74) is 0. The molecular formula is C17H30N2O4+2. The molecule has 2 rings (SSSR count). The fourth-order valence-electron chi connectivity index (χ4n) is 3.41. The van der Waals surface area contributed by atoms with E-state index in [0.29, 0.717) is 25.0 Å². The van der Waals surface area contributed by atoms with Crippen molar-refractivity contribution in [3.8, 4) is 0 Å². The zero-order chi connectivity index (χ0) is 17.0. The average Bonchev–Trinajstić information content (AvgIpc) is 3.17. The Balaban J connectivity index is 1.88. The van der Waals surface area contributed by atoms with Crippen LogP contribution in [0.3, 0.4) is 0 Å². The number of quaternary nitrogens is 2. The molecule has 6 heteroatoms. The number of hydrogen-bond acceptors (Lipinski definition) is 4. The summed E-state index contributed by atoms with van der Waals surface area (Å²) in [6.45, 7) is 4.51. The van der Waals surface area contributed by atoms with Crippen LogP contribution in [0, 0.1) is 23.7 Å². The second kappa shape index (κ2) is 7.93. The van der Waals surface area contributed by atoms with Crippen molar-refractivity contribution in [2.45, 2.75) is 32.4 Å². The molecule has 2 aliphatic rings. The first-order valence-corrected chi connectivity index (χ1v) is 8.58. The monoisotopic (exact) mass is 326 g/mol. The number of likely N-dealkylation sites (N-methyl/N-ethyl adjacent to an activating group) is 2. The lowest BCUT2D eigenvalue weighted by Gasteiger charge is -2.27. The summed E-state index contributed by atoms with van der Waals surface area (Å²) in [4.78, 5) is 23.8. The van der Waals surface area contributed by atoms with E-state index in [1.165, 1.54) is 0 Å². The van der Waals surface area contributed by atoms with Gasteiger partial charge in [0.15, 0.2) is 12.1 Å². The van der Waals surface area contributed by atoms with Crippen LogP contribution in [0.15, 0.2) is 12.2 Å². The van der Waals surface area contributed by atoms with Gasteiger partial charge in [0, 0.05) is 11.8 Å². The SMILES string of the molecule is C[NH2+][C@@H](C)C(=O)OC[C@@H]1C2C=CC(C2)[C@@H]1COC(=O)[C@H](C)[NH2+]C. The molecule has 2 bridgehead atoms. The maximum atomic E-state index is 11.9. The van der Waals surface area contributed by atoms with Crippen LogP contribution in [0.4, 0.5) is 0 Å². The summed E-state index contributed by atoms with van der Waals surface area (Å²) in [5, 5.41) is 3.68. The molecule has 1 fully saturated rings. The highest BCUT2D eigenvalue weighted by atomic mass is 16.5. The summed E-state index contributed by atoms with van der Waals surface area (Å²) >= 11 is 0. The first-order chi connectivity index (χ1) is 11.0. The fourth-order valence-corrected chi connectivity index (χ4v) is 3.41. The maximum absolute atomic E-state index is 11.9. The van der Waals surface area contributed by atoms with Gasteiger partial charge in [-0.05, 0) is 32.1 Å². The van der Waals surface area contributed by atoms with Crippen molar-refractivity contribution in [1.82, 2.24) is 0 Å². The Kier molecular flexibility index (Phi) is 6.18. The van der Waals surface area contributed by atoms with Gasteiger partial charge in [0.25, 0.3) is 0 Å². The van der Waals surface area contributed by atoms with E-state index in [2.05, 4.69) is 12.2 Å². The zero-order valence-electron chi connectivity index (χ0n) is 14.5. The van der Waals surface area contributed by atoms with Crippen molar-refractivity contribution in [2.75, 3.05) is 27.3 Å². The fraction of sp³-hybridized carbons (Fsp3) is 0.765. The van der Waals surface area contributed by atoms with E-state index in [9.17, 15) is 9.59 Å². The molecule has 0 aliphatic heterocycles. The predicted molar refractivity (Wildman–Crippen MR) is 84.3 cm³/mol. The molecule has 0 saturated heterocycles. The van der Waals surface area contributed by atoms with Crippen LogP contribution in [-0.4, -0.2) is 51.3 Å². The standard InChI is InChI=1S/C17H28N2O4/c1-10(18-3)16(20)22-8-14-12-5-6-13(7-12)15(14)9-23-17(21)11(2)19-4/h5-6,10-15,18-19H,7-9H2,1-4H3/p+2/t10-,11-,12?,13?,14-,15+/m0/s1. The molecule has 130 valence electrons. The predicted octanol–water partition coefficient (Wildman–Crippen LogP) is -1.33. The molecule has 2 aliphatic carbocycles. The summed E-state index contributed by atoms with van der Waals surface area (Å²) in [7, 11) is 3.72. The molecule has 23 heavy (non-hydrogen) atoms. The van der Waals surface area contributed by atoms with Crippen molar-refractivity contribution in [2.24, 2.45) is 23.7 Å². The maximum Gasteiger partial charge on any atom is 0.364 e. The Morgan fingerprint density at radius 1 is 0.957 bits per heavy atom. The number of allylic oxidation sites excluding steroid dienone is 2. The van der Waals surface area contributed by atoms with Gasteiger partial charge in [0.2, 0.25) is 0 Å². The molecule has 1 saturated carbocycles. The minimum Gasteiger partial charge on any atom is -0.461 e. The number of nitrogens with two attached hydrogens (primary N) is 2. The van der Waals surface area contributed by atoms with E-state index < -0.39 is 0 Å². The van der Waals surface area contributed by atoms with E-state index in [1.807, 2.05) is 38.6 Å². The van der Waals surface area contributed by atoms with Gasteiger partial charge < -0.3 is 20.1 Å². The van der Waals surface area contributed by atoms with Crippen LogP contribution < -0.4 is 10.6 Å². The molecule has 0 radical (unpaired) electrons. The van der Waals surface area contributed by atoms with Gasteiger partial charge in [-0.3, -0.25) is 0 Å². The number of esters is 2. The zero-order valence-corrected chi connectivity index (χ0v) is 14.5. The highest BCUT2D eigenvalue weighted by Gasteiger charge is 2.45. The Morgan fingerprint density at radius 3 is 1.70 bits per heavy atom. The summed E-state index contributed by atoms with van der Waals surface area (Å²) in [5.74, 6) is 1.03. The number of carbonyl (C=O) groups excluding carboxylic acids is 2. The molecule has 0 spiro atoms. The van der Waals surface area contributed by atoms with Crippen LogP contribution in [-0.2, 0) is 19.1 Å². The largest absolute Gasteiger partial charge is 0.461 e. The van der Waals surface area contributed by atoms with Gasteiger partial charge in [-0.15, -0.1) is 0 Å². The topological polar surface area (TPSA) is 85.8 Å². The van der Waals surface area contributed by atoms with Crippen molar-refractivity contribution in [3.63, 3.8) is 0 Å². The van der Waals surface area contributed by atoms with Gasteiger partial charge in [-0.25, -0.2) is 9.59 Å². The molecule has 0 amide bonds. The highest BCUT2D eigenvalue weighted by molar-refractivity contribution is 5.74. The lowest BCUT2D eigenvalue weighted by atomic mass is 9.84. The molecule has 0 aromatic heterocycles. The molecule has 0 aromatic carbocycles. The van der Waals surface area contributed by atoms with Crippen LogP contribution in [0.1, 0.15) is 20.3 Å². The number of carbonyl (C=O) groups is 2. The van der Waals surface area contributed by atoms with Crippen LogP contribution in [0.5, 0.6) is 0 Å². The molecular weight excluding hydrogens is 296 g/mol. The quantitative estimate of drug-likeness (QED) is 0.428. The minimum absolute atomic E-state index is 0.177. The van der Waals surface area contributed by atoms with E-state index in [4.69, 9.17) is 9.47 Å². The third-order valence-corrected chi connectivity index (χ3v) is 5.38. The molecule has 4 N–H and O–H groups in total. The van der Waals surface area contributed by atoms with Crippen LogP contribution in [0.2, 0.25) is 0 Å². The first kappa shape index (κ1) is 17.9. The minimum atomic E-state index is -0.179. The molecule has 0 heterocycles. The van der Waals surface area contributed by atoms with Crippen molar-refractivity contribution < 1.29 is 29.7 Å². The van der Waals surface area contributed by atoms with Crippen molar-refractivity contribution in [3.05, 3.63) is 12.2 Å². The molecule has 6 nitrogen and oxygen atoms in total. The molecule has 0 aromatic rings. The van der Waals surface area contributed by atoms with Crippen molar-refractivity contribution in [1.29, 1.82) is 0 Å². The third-order valence-electron chi connectivity index (χ3n) is 5.38. The second-order valence-electron chi connectivity index (χ2n) is 6.78. The van der Waals surface area contributed by atoms with Gasteiger partial charge in [0.1, 0.15) is 0 Å². The lowest BCUT2D eigenvalue weighted by molar-refractivity contribution is -0.648. The average molecular weight is 326 g/mol. The number of fused-ring (bicyclic) bond motifs is 2.